The van der Waals surface area contributed by atoms with Crippen LogP contribution in [0.1, 0.15) is 36.8 Å². The SMILES string of the molecule is CCCN(C(=O)CCc1ncc(-c2ccc(C)cc2)o1)c1c(N)n(Cc2ccccc2)c(=O)[nH]c1=O. The number of rotatable bonds is 9. The van der Waals surface area contributed by atoms with Crippen LogP contribution >= 0.6 is 0 Å². The van der Waals surface area contributed by atoms with E-state index in [-0.39, 0.29) is 43.3 Å². The molecule has 0 aliphatic carbocycles. The van der Waals surface area contributed by atoms with E-state index in [1.54, 1.807) is 6.20 Å². The molecule has 0 aliphatic rings. The van der Waals surface area contributed by atoms with Gasteiger partial charge in [0.15, 0.2) is 17.3 Å². The normalized spacial score (nSPS) is 10.9. The highest BCUT2D eigenvalue weighted by atomic mass is 16.4. The largest absolute Gasteiger partial charge is 0.441 e. The maximum atomic E-state index is 13.2. The molecule has 0 unspecified atom stereocenters. The number of carbonyl (C=O) groups excluding carboxylic acids is 1. The van der Waals surface area contributed by atoms with Gasteiger partial charge in [-0.25, -0.2) is 9.78 Å². The summed E-state index contributed by atoms with van der Waals surface area (Å²) in [5, 5.41) is 0. The maximum absolute atomic E-state index is 13.2. The lowest BCUT2D eigenvalue weighted by atomic mass is 10.1. The first-order chi connectivity index (χ1) is 17.4. The van der Waals surface area contributed by atoms with Crippen LogP contribution in [0.4, 0.5) is 11.5 Å². The molecule has 0 bridgehead atoms. The lowest BCUT2D eigenvalue weighted by molar-refractivity contribution is -0.118. The third-order valence-electron chi connectivity index (χ3n) is 5.86. The summed E-state index contributed by atoms with van der Waals surface area (Å²) in [5.41, 5.74) is 7.85. The number of oxazole rings is 1. The number of nitrogen functional groups attached to an aromatic ring is 1. The van der Waals surface area contributed by atoms with Gasteiger partial charge in [0.05, 0.1) is 12.7 Å². The molecule has 36 heavy (non-hydrogen) atoms. The number of nitrogens with two attached hydrogens (primary N) is 1. The van der Waals surface area contributed by atoms with Crippen LogP contribution in [-0.2, 0) is 17.8 Å². The minimum atomic E-state index is -0.693. The highest BCUT2D eigenvalue weighted by Crippen LogP contribution is 2.23. The highest BCUT2D eigenvalue weighted by Gasteiger charge is 2.24. The van der Waals surface area contributed by atoms with Gasteiger partial charge in [0.1, 0.15) is 5.82 Å². The topological polar surface area (TPSA) is 127 Å². The Kier molecular flexibility index (Phi) is 7.48. The van der Waals surface area contributed by atoms with Crippen molar-refractivity contribution in [2.24, 2.45) is 0 Å². The van der Waals surface area contributed by atoms with E-state index in [1.165, 1.54) is 9.47 Å². The second-order valence-electron chi connectivity index (χ2n) is 8.59. The predicted molar refractivity (Wildman–Crippen MR) is 139 cm³/mol. The van der Waals surface area contributed by atoms with E-state index in [0.717, 1.165) is 16.7 Å². The van der Waals surface area contributed by atoms with Gasteiger partial charge in [-0.1, -0.05) is 67.1 Å². The first kappa shape index (κ1) is 24.7. The first-order valence-corrected chi connectivity index (χ1v) is 11.9. The zero-order chi connectivity index (χ0) is 25.7. The van der Waals surface area contributed by atoms with E-state index in [9.17, 15) is 14.4 Å². The smallest absolute Gasteiger partial charge is 0.330 e. The molecule has 0 aliphatic heterocycles. The molecule has 2 aromatic carbocycles. The summed E-state index contributed by atoms with van der Waals surface area (Å²) < 4.78 is 7.10. The number of nitrogens with zero attached hydrogens (tertiary/aromatic N) is 3. The minimum Gasteiger partial charge on any atom is -0.441 e. The van der Waals surface area contributed by atoms with E-state index in [2.05, 4.69) is 9.97 Å². The third kappa shape index (κ3) is 5.46. The Hall–Kier alpha value is -4.40. The van der Waals surface area contributed by atoms with Gasteiger partial charge in [-0.2, -0.15) is 0 Å². The number of benzene rings is 2. The maximum Gasteiger partial charge on any atom is 0.330 e. The minimum absolute atomic E-state index is 0.0230. The molecule has 0 radical (unpaired) electrons. The van der Waals surface area contributed by atoms with Crippen molar-refractivity contribution in [3.8, 4) is 11.3 Å². The third-order valence-corrected chi connectivity index (χ3v) is 5.86. The molecule has 186 valence electrons. The average Bonchev–Trinajstić information content (AvgIpc) is 3.34. The average molecular weight is 488 g/mol. The van der Waals surface area contributed by atoms with Crippen LogP contribution in [-0.4, -0.2) is 27.0 Å². The molecule has 0 atom stereocenters. The van der Waals surface area contributed by atoms with Crippen molar-refractivity contribution < 1.29 is 9.21 Å². The molecular weight excluding hydrogens is 458 g/mol. The number of aromatic amines is 1. The molecular formula is C27H29N5O4. The monoisotopic (exact) mass is 487 g/mol. The van der Waals surface area contributed by atoms with Crippen molar-refractivity contribution >= 4 is 17.4 Å². The molecule has 0 fully saturated rings. The van der Waals surface area contributed by atoms with E-state index < -0.39 is 11.2 Å². The summed E-state index contributed by atoms with van der Waals surface area (Å²) in [6, 6.07) is 17.2. The molecule has 0 saturated heterocycles. The van der Waals surface area contributed by atoms with E-state index in [1.807, 2.05) is 68.4 Å². The number of nitrogens with one attached hydrogen (secondary N) is 1. The summed E-state index contributed by atoms with van der Waals surface area (Å²) in [6.07, 6.45) is 2.55. The Morgan fingerprint density at radius 2 is 1.83 bits per heavy atom. The van der Waals surface area contributed by atoms with Gasteiger partial charge in [0.25, 0.3) is 5.56 Å². The zero-order valence-electron chi connectivity index (χ0n) is 20.4. The van der Waals surface area contributed by atoms with Gasteiger partial charge in [-0.3, -0.25) is 19.1 Å². The Morgan fingerprint density at radius 1 is 1.11 bits per heavy atom. The molecule has 3 N–H and O–H groups in total. The number of anilines is 2. The number of carbonyl (C=O) groups is 1. The van der Waals surface area contributed by atoms with Crippen LogP contribution in [0.2, 0.25) is 0 Å². The number of hydrogen-bond acceptors (Lipinski definition) is 6. The summed E-state index contributed by atoms with van der Waals surface area (Å²) in [6.45, 7) is 4.35. The van der Waals surface area contributed by atoms with E-state index in [0.29, 0.717) is 18.1 Å². The summed E-state index contributed by atoms with van der Waals surface area (Å²) in [7, 11) is 0. The summed E-state index contributed by atoms with van der Waals surface area (Å²) in [4.78, 5) is 46.5. The summed E-state index contributed by atoms with van der Waals surface area (Å²) >= 11 is 0. The lowest BCUT2D eigenvalue weighted by Crippen LogP contribution is -2.41. The van der Waals surface area contributed by atoms with Gasteiger partial charge in [0.2, 0.25) is 5.91 Å². The molecule has 0 saturated carbocycles. The molecule has 9 nitrogen and oxygen atoms in total. The van der Waals surface area contributed by atoms with Crippen LogP contribution in [0.25, 0.3) is 11.3 Å². The number of aromatic nitrogens is 3. The van der Waals surface area contributed by atoms with E-state index >= 15 is 0 Å². The number of H-pyrrole nitrogens is 1. The molecule has 0 spiro atoms. The Bertz CT molecular complexity index is 1450. The molecule has 1 amide bonds. The van der Waals surface area contributed by atoms with Crippen molar-refractivity contribution in [2.75, 3.05) is 17.2 Å². The standard InChI is InChI=1S/C27H29N5O4/c1-3-15-31(23(33)14-13-22-29-16-21(36-22)20-11-9-18(2)10-12-20)24-25(28)32(27(35)30-26(24)34)17-19-7-5-4-6-8-19/h4-12,16H,3,13-15,17,28H2,1-2H3,(H,30,34,35). The van der Waals surface area contributed by atoms with Crippen molar-refractivity contribution in [3.05, 3.63) is 98.6 Å². The van der Waals surface area contributed by atoms with E-state index in [4.69, 9.17) is 10.2 Å². The fourth-order valence-electron chi connectivity index (χ4n) is 3.97. The van der Waals surface area contributed by atoms with Gasteiger partial charge < -0.3 is 15.1 Å². The predicted octanol–water partition coefficient (Wildman–Crippen LogP) is 3.51. The zero-order valence-corrected chi connectivity index (χ0v) is 20.4. The van der Waals surface area contributed by atoms with Crippen molar-refractivity contribution in [1.82, 2.24) is 14.5 Å². The van der Waals surface area contributed by atoms with Gasteiger partial charge in [0, 0.05) is 24.9 Å². The molecule has 2 heterocycles. The van der Waals surface area contributed by atoms with Crippen LogP contribution < -0.4 is 21.9 Å². The van der Waals surface area contributed by atoms with Gasteiger partial charge in [-0.15, -0.1) is 0 Å². The highest BCUT2D eigenvalue weighted by molar-refractivity contribution is 5.95. The Balaban J connectivity index is 1.55. The number of amides is 1. The van der Waals surface area contributed by atoms with Gasteiger partial charge in [-0.05, 0) is 18.9 Å². The Morgan fingerprint density at radius 3 is 2.53 bits per heavy atom. The first-order valence-electron chi connectivity index (χ1n) is 11.9. The second-order valence-corrected chi connectivity index (χ2v) is 8.59. The number of hydrogen-bond donors (Lipinski definition) is 2. The molecule has 4 aromatic rings. The van der Waals surface area contributed by atoms with Crippen molar-refractivity contribution in [1.29, 1.82) is 0 Å². The lowest BCUT2D eigenvalue weighted by Gasteiger charge is -2.24. The quantitative estimate of drug-likeness (QED) is 0.372. The fourth-order valence-corrected chi connectivity index (χ4v) is 3.97. The van der Waals surface area contributed by atoms with Crippen LogP contribution in [0.15, 0.2) is 74.8 Å². The molecule has 2 aromatic heterocycles. The second kappa shape index (κ2) is 10.9. The number of aryl methyl sites for hydroxylation is 2. The van der Waals surface area contributed by atoms with Crippen LogP contribution in [0, 0.1) is 6.92 Å². The van der Waals surface area contributed by atoms with Crippen molar-refractivity contribution in [3.63, 3.8) is 0 Å². The summed E-state index contributed by atoms with van der Waals surface area (Å²) in [5.74, 6) is 0.684. The molecule has 4 rings (SSSR count). The van der Waals surface area contributed by atoms with Crippen LogP contribution in [0.3, 0.4) is 0 Å². The Labute approximate surface area is 208 Å². The van der Waals surface area contributed by atoms with Gasteiger partial charge >= 0.3 is 5.69 Å². The van der Waals surface area contributed by atoms with Crippen molar-refractivity contribution in [2.45, 2.75) is 39.7 Å². The fraction of sp³-hybridized carbons (Fsp3) is 0.259. The van der Waals surface area contributed by atoms with Crippen LogP contribution in [0.5, 0.6) is 0 Å². The molecule has 9 heteroatoms.